The van der Waals surface area contributed by atoms with Gasteiger partial charge in [0.1, 0.15) is 8.80 Å². The van der Waals surface area contributed by atoms with Gasteiger partial charge >= 0.3 is 0 Å². The van der Waals surface area contributed by atoms with Gasteiger partial charge in [-0.2, -0.15) is 0 Å². The zero-order valence-electron chi connectivity index (χ0n) is 25.0. The van der Waals surface area contributed by atoms with Crippen LogP contribution in [0.3, 0.4) is 0 Å². The van der Waals surface area contributed by atoms with E-state index in [2.05, 4.69) is 81.0 Å². The van der Waals surface area contributed by atoms with Crippen molar-refractivity contribution in [3.8, 4) is 0 Å². The van der Waals surface area contributed by atoms with E-state index in [1.165, 1.54) is 70.3 Å². The quantitative estimate of drug-likeness (QED) is 0.302. The molecule has 1 heterocycles. The molecule has 1 atom stereocenters. The van der Waals surface area contributed by atoms with Crippen molar-refractivity contribution in [2.75, 3.05) is 0 Å². The maximum Gasteiger partial charge on any atom is 0.114 e. The number of rotatable bonds is 9. The average molecular weight is 492 g/mol. The number of benzene rings is 1. The molecule has 0 saturated carbocycles. The molecule has 1 unspecified atom stereocenters. The van der Waals surface area contributed by atoms with E-state index in [0.29, 0.717) is 21.7 Å². The molecule has 0 amide bonds. The van der Waals surface area contributed by atoms with Crippen molar-refractivity contribution >= 4 is 14.0 Å². The Kier molecular flexibility index (Phi) is 7.38. The third-order valence-corrected chi connectivity index (χ3v) is 15.3. The fourth-order valence-corrected chi connectivity index (χ4v) is 12.9. The molecule has 0 spiro atoms. The Bertz CT molecular complexity index is 903. The smallest absolute Gasteiger partial charge is 0.0922 e. The van der Waals surface area contributed by atoms with E-state index in [1.807, 2.05) is 27.4 Å². The summed E-state index contributed by atoms with van der Waals surface area (Å²) in [6.45, 7) is 24.9. The second-order valence-corrected chi connectivity index (χ2v) is 15.2. The van der Waals surface area contributed by atoms with Crippen LogP contribution in [0.5, 0.6) is 0 Å². The normalized spacial score (nSPS) is 25.5. The van der Waals surface area contributed by atoms with Crippen LogP contribution in [0.2, 0.25) is 6.04 Å². The predicted molar refractivity (Wildman–Crippen MR) is 158 cm³/mol. The lowest BCUT2D eigenvalue weighted by atomic mass is 9.70. The van der Waals surface area contributed by atoms with E-state index >= 15 is 0 Å². The van der Waals surface area contributed by atoms with Crippen LogP contribution in [0.15, 0.2) is 17.3 Å². The Morgan fingerprint density at radius 3 is 1.31 bits per heavy atom. The van der Waals surface area contributed by atoms with Gasteiger partial charge in [-0.25, -0.2) is 0 Å². The van der Waals surface area contributed by atoms with Gasteiger partial charge in [0.2, 0.25) is 0 Å². The molecule has 1 heteroatoms. The van der Waals surface area contributed by atoms with Gasteiger partial charge in [-0.3, -0.25) is 0 Å². The van der Waals surface area contributed by atoms with Gasteiger partial charge in [0, 0.05) is 0 Å². The zero-order valence-corrected chi connectivity index (χ0v) is 26.0. The van der Waals surface area contributed by atoms with E-state index in [0.717, 1.165) is 5.92 Å². The highest BCUT2D eigenvalue weighted by molar-refractivity contribution is 6.79. The molecule has 1 aromatic rings. The summed E-state index contributed by atoms with van der Waals surface area (Å²) in [4.78, 5) is 0. The fourth-order valence-electron chi connectivity index (χ4n) is 9.22. The SMILES string of the molecule is CCC1(CC)CC(CC)(CC)c2c1cc1c(c2[Si]2C=C(C)C(C)C2)C(CC)(CC)CC1(CC)CC. The summed E-state index contributed by atoms with van der Waals surface area (Å²) in [5, 5.41) is 1.95. The van der Waals surface area contributed by atoms with Crippen molar-refractivity contribution in [2.24, 2.45) is 5.92 Å². The van der Waals surface area contributed by atoms with Crippen LogP contribution in [0.1, 0.15) is 156 Å². The van der Waals surface area contributed by atoms with Crippen LogP contribution in [0.25, 0.3) is 0 Å². The largest absolute Gasteiger partial charge is 0.114 e. The summed E-state index contributed by atoms with van der Waals surface area (Å²) < 4.78 is 0. The summed E-state index contributed by atoms with van der Waals surface area (Å²) in [6, 6.07) is 4.29. The molecule has 195 valence electrons. The molecule has 1 radical (unpaired) electrons. The lowest BCUT2D eigenvalue weighted by Gasteiger charge is -2.37. The third kappa shape index (κ3) is 3.56. The second-order valence-electron chi connectivity index (χ2n) is 12.9. The summed E-state index contributed by atoms with van der Waals surface area (Å²) >= 11 is 0. The Labute approximate surface area is 220 Å². The van der Waals surface area contributed by atoms with E-state index in [9.17, 15) is 0 Å². The molecule has 4 rings (SSSR count). The maximum atomic E-state index is 2.87. The van der Waals surface area contributed by atoms with Crippen molar-refractivity contribution in [3.63, 3.8) is 0 Å². The first kappa shape index (κ1) is 27.2. The molecule has 0 nitrogen and oxygen atoms in total. The summed E-state index contributed by atoms with van der Waals surface area (Å²) in [5.41, 5.74) is 13.4. The molecule has 1 aromatic carbocycles. The Hall–Kier alpha value is -0.823. The highest BCUT2D eigenvalue weighted by Crippen LogP contribution is 2.62. The fraction of sp³-hybridized carbons (Fsp3) is 0.765. The van der Waals surface area contributed by atoms with Gasteiger partial charge in [-0.15, -0.1) is 0 Å². The first-order chi connectivity index (χ1) is 16.7. The van der Waals surface area contributed by atoms with Gasteiger partial charge in [-0.05, 0) is 132 Å². The monoisotopic (exact) mass is 491 g/mol. The van der Waals surface area contributed by atoms with Crippen molar-refractivity contribution < 1.29 is 0 Å². The van der Waals surface area contributed by atoms with Gasteiger partial charge in [0.15, 0.2) is 0 Å². The van der Waals surface area contributed by atoms with Crippen molar-refractivity contribution in [1.29, 1.82) is 0 Å². The van der Waals surface area contributed by atoms with E-state index in [4.69, 9.17) is 0 Å². The minimum absolute atomic E-state index is 0.368. The van der Waals surface area contributed by atoms with E-state index < -0.39 is 8.80 Å². The number of fused-ring (bicyclic) bond motifs is 2. The van der Waals surface area contributed by atoms with E-state index in [-0.39, 0.29) is 0 Å². The standard InChI is InChI=1S/C34H55Si/c1-11-31(12-2)22-33(15-5,16-6)28-26(31)19-27-29(30(28)35-20-24(9)25(10)21-35)34(17-7,18-8)23-32(27,13-3)14-4/h19-20,25H,11-18,21-23H2,1-10H3. The highest BCUT2D eigenvalue weighted by Gasteiger charge is 2.57. The summed E-state index contributed by atoms with van der Waals surface area (Å²) in [5.74, 6) is 0.762. The Morgan fingerprint density at radius 1 is 0.657 bits per heavy atom. The first-order valence-electron chi connectivity index (χ1n) is 15.4. The molecule has 2 aliphatic carbocycles. The minimum Gasteiger partial charge on any atom is -0.0922 e. The summed E-state index contributed by atoms with van der Waals surface area (Å²) in [7, 11) is -0.708. The second kappa shape index (κ2) is 9.49. The van der Waals surface area contributed by atoms with Gasteiger partial charge in [-0.1, -0.05) is 79.7 Å². The third-order valence-electron chi connectivity index (χ3n) is 12.3. The average Bonchev–Trinajstić information content (AvgIpc) is 3.49. The highest BCUT2D eigenvalue weighted by atomic mass is 28.3. The first-order valence-corrected chi connectivity index (χ1v) is 17.2. The van der Waals surface area contributed by atoms with Crippen LogP contribution in [0.4, 0.5) is 0 Å². The molecule has 0 saturated heterocycles. The predicted octanol–water partition coefficient (Wildman–Crippen LogP) is 9.56. The summed E-state index contributed by atoms with van der Waals surface area (Å²) in [6.07, 6.45) is 13.1. The molecule has 0 N–H and O–H groups in total. The Morgan fingerprint density at radius 2 is 1.03 bits per heavy atom. The minimum atomic E-state index is -0.708. The van der Waals surface area contributed by atoms with Crippen molar-refractivity contribution in [3.05, 3.63) is 39.6 Å². The molecule has 0 fully saturated rings. The molecule has 35 heavy (non-hydrogen) atoms. The van der Waals surface area contributed by atoms with Crippen LogP contribution in [-0.4, -0.2) is 8.80 Å². The molecule has 0 aromatic heterocycles. The lowest BCUT2D eigenvalue weighted by Crippen LogP contribution is -2.43. The number of hydrogen-bond donors (Lipinski definition) is 0. The van der Waals surface area contributed by atoms with Gasteiger partial charge in [0.25, 0.3) is 0 Å². The molecular formula is C34H55Si. The van der Waals surface area contributed by atoms with Crippen LogP contribution in [-0.2, 0) is 21.7 Å². The number of allylic oxidation sites excluding steroid dienone is 1. The maximum absolute atomic E-state index is 2.87. The topological polar surface area (TPSA) is 0 Å². The number of hydrogen-bond acceptors (Lipinski definition) is 0. The Balaban J connectivity index is 2.22. The molecule has 1 aliphatic heterocycles. The van der Waals surface area contributed by atoms with Crippen molar-refractivity contribution in [2.45, 2.75) is 161 Å². The van der Waals surface area contributed by atoms with Gasteiger partial charge < -0.3 is 0 Å². The lowest BCUT2D eigenvalue weighted by molar-refractivity contribution is 0.279. The van der Waals surface area contributed by atoms with Gasteiger partial charge in [0.05, 0.1) is 0 Å². The molecular weight excluding hydrogens is 436 g/mol. The van der Waals surface area contributed by atoms with Crippen LogP contribution in [0, 0.1) is 5.92 Å². The van der Waals surface area contributed by atoms with Crippen LogP contribution >= 0.6 is 0 Å². The molecule has 3 aliphatic rings. The van der Waals surface area contributed by atoms with E-state index in [1.54, 1.807) is 5.57 Å². The zero-order chi connectivity index (χ0) is 25.8. The van der Waals surface area contributed by atoms with Crippen LogP contribution < -0.4 is 5.19 Å². The van der Waals surface area contributed by atoms with Crippen molar-refractivity contribution in [1.82, 2.24) is 0 Å². The molecule has 0 bridgehead atoms.